The van der Waals surface area contributed by atoms with Crippen LogP contribution in [0.25, 0.3) is 77.2 Å². The first-order chi connectivity index (χ1) is 30.8. The summed E-state index contributed by atoms with van der Waals surface area (Å²) >= 11 is 3.73. The SMILES string of the molecule is Cc1cccc(C)c1-c1ccc2c(c1)-c1ccc(B3OC(C)(C)C(C)(C)O3)c3cccc-2c13.Cc1ccccc1C1=C2C(=C(c3ccccc3C)C1=O)c1ccc(Br)c3cccc2c13. The lowest BCUT2D eigenvalue weighted by Gasteiger charge is -2.32. The van der Waals surface area contributed by atoms with Gasteiger partial charge in [0.2, 0.25) is 0 Å². The van der Waals surface area contributed by atoms with E-state index in [0.717, 1.165) is 65.6 Å². The lowest BCUT2D eigenvalue weighted by Crippen LogP contribution is -2.41. The Kier molecular flexibility index (Phi) is 9.35. The van der Waals surface area contributed by atoms with Crippen molar-refractivity contribution < 1.29 is 14.1 Å². The quantitative estimate of drug-likeness (QED) is 0.165. The number of aryl methyl sites for hydroxylation is 4. The van der Waals surface area contributed by atoms with E-state index in [1.54, 1.807) is 0 Å². The molecular formula is C59H48BBrO3. The van der Waals surface area contributed by atoms with Crippen LogP contribution in [0.5, 0.6) is 0 Å². The predicted octanol–water partition coefficient (Wildman–Crippen LogP) is 14.7. The zero-order valence-electron chi connectivity index (χ0n) is 37.5. The predicted molar refractivity (Wildman–Crippen MR) is 272 cm³/mol. The van der Waals surface area contributed by atoms with Crippen LogP contribution in [0.4, 0.5) is 0 Å². The second-order valence-corrected chi connectivity index (χ2v) is 19.7. The summed E-state index contributed by atoms with van der Waals surface area (Å²) in [6, 6.07) is 51.6. The van der Waals surface area contributed by atoms with E-state index >= 15 is 0 Å². The molecule has 0 saturated carbocycles. The van der Waals surface area contributed by atoms with Crippen LogP contribution in [0, 0.1) is 27.7 Å². The van der Waals surface area contributed by atoms with Crippen molar-refractivity contribution in [2.75, 3.05) is 0 Å². The molecule has 1 fully saturated rings. The van der Waals surface area contributed by atoms with Gasteiger partial charge in [-0.25, -0.2) is 0 Å². The smallest absolute Gasteiger partial charge is 0.399 e. The molecule has 12 rings (SSSR count). The third-order valence-corrected chi connectivity index (χ3v) is 15.2. The second kappa shape index (κ2) is 14.7. The third-order valence-electron chi connectivity index (χ3n) is 14.5. The highest BCUT2D eigenvalue weighted by Crippen LogP contribution is 2.58. The van der Waals surface area contributed by atoms with E-state index in [2.05, 4.69) is 193 Å². The average molecular weight is 896 g/mol. The third kappa shape index (κ3) is 5.98. The maximum absolute atomic E-state index is 14.1. The number of carbonyl (C=O) groups is 1. The summed E-state index contributed by atoms with van der Waals surface area (Å²) in [5, 5.41) is 4.93. The molecule has 8 aromatic rings. The van der Waals surface area contributed by atoms with E-state index in [4.69, 9.17) is 9.31 Å². The summed E-state index contributed by atoms with van der Waals surface area (Å²) in [5.41, 5.74) is 21.2. The standard InChI is InChI=1S/C30H29BO2.C29H19BrO/c1-18-9-7-10-19(2)27(18)20-13-14-21-22-11-8-12-24-26(16-15-23(28(22)24)25(21)17-20)31-32-29(3,4)30(5,6)33-31;1-16-8-3-5-10-18(16)27-25-21-13-7-12-20-23(30)15-14-22(24(20)21)26(25)28(29(27)31)19-11-6-4-9-17(19)2/h7-17H,1-6H3;3-15H,1-2H3. The average Bonchev–Trinajstić information content (AvgIpc) is 3.94. The van der Waals surface area contributed by atoms with Gasteiger partial charge in [0.05, 0.1) is 11.2 Å². The molecule has 0 spiro atoms. The van der Waals surface area contributed by atoms with Gasteiger partial charge in [0.25, 0.3) is 0 Å². The molecule has 1 saturated heterocycles. The summed E-state index contributed by atoms with van der Waals surface area (Å²) < 4.78 is 13.9. The Labute approximate surface area is 384 Å². The van der Waals surface area contributed by atoms with Crippen molar-refractivity contribution in [2.45, 2.75) is 66.6 Å². The fourth-order valence-electron chi connectivity index (χ4n) is 10.6. The van der Waals surface area contributed by atoms with Gasteiger partial charge in [-0.3, -0.25) is 4.79 Å². The highest BCUT2D eigenvalue weighted by molar-refractivity contribution is 9.10. The fourth-order valence-corrected chi connectivity index (χ4v) is 11.1. The van der Waals surface area contributed by atoms with Crippen molar-refractivity contribution in [1.82, 2.24) is 0 Å². The molecular weight excluding hydrogens is 847 g/mol. The fraction of sp³-hybridized carbons (Fsp3) is 0.169. The summed E-state index contributed by atoms with van der Waals surface area (Å²) in [7, 11) is -0.367. The first-order valence-electron chi connectivity index (χ1n) is 22.3. The summed E-state index contributed by atoms with van der Waals surface area (Å²) in [5.74, 6) is 0.124. The van der Waals surface area contributed by atoms with Crippen molar-refractivity contribution in [2.24, 2.45) is 0 Å². The van der Waals surface area contributed by atoms with Crippen molar-refractivity contribution in [3.05, 3.63) is 195 Å². The number of Topliss-reactive ketones (excluding diaryl/α,β-unsaturated/α-hetero) is 1. The van der Waals surface area contributed by atoms with Crippen LogP contribution in [0.15, 0.2) is 150 Å². The lowest BCUT2D eigenvalue weighted by molar-refractivity contribution is -0.108. The summed E-state index contributed by atoms with van der Waals surface area (Å²) in [6.07, 6.45) is 0. The number of carbonyl (C=O) groups excluding carboxylic acids is 1. The number of halogens is 1. The molecule has 4 aliphatic rings. The number of fused-ring (bicyclic) bond motifs is 6. The molecule has 0 aromatic heterocycles. The minimum atomic E-state index is -0.367. The van der Waals surface area contributed by atoms with Crippen LogP contribution in [-0.2, 0) is 14.1 Å². The minimum absolute atomic E-state index is 0.124. The van der Waals surface area contributed by atoms with Gasteiger partial charge in [-0.05, 0) is 172 Å². The van der Waals surface area contributed by atoms with Gasteiger partial charge in [0.1, 0.15) is 0 Å². The van der Waals surface area contributed by atoms with Crippen LogP contribution in [0.3, 0.4) is 0 Å². The Morgan fingerprint density at radius 3 is 1.53 bits per heavy atom. The zero-order valence-corrected chi connectivity index (χ0v) is 39.1. The molecule has 0 radical (unpaired) electrons. The van der Waals surface area contributed by atoms with E-state index < -0.39 is 0 Å². The van der Waals surface area contributed by atoms with Gasteiger partial charge in [-0.15, -0.1) is 0 Å². The molecule has 3 nitrogen and oxygen atoms in total. The second-order valence-electron chi connectivity index (χ2n) is 18.8. The normalized spacial score (nSPS) is 16.2. The van der Waals surface area contributed by atoms with Gasteiger partial charge in [-0.2, -0.15) is 0 Å². The molecule has 5 heteroatoms. The first kappa shape index (κ1) is 40.7. The molecule has 64 heavy (non-hydrogen) atoms. The van der Waals surface area contributed by atoms with E-state index in [9.17, 15) is 4.79 Å². The van der Waals surface area contributed by atoms with Crippen LogP contribution in [-0.4, -0.2) is 24.1 Å². The minimum Gasteiger partial charge on any atom is -0.399 e. The Bertz CT molecular complexity index is 3310. The largest absolute Gasteiger partial charge is 0.495 e. The van der Waals surface area contributed by atoms with Crippen molar-refractivity contribution >= 4 is 78.1 Å². The molecule has 0 atom stereocenters. The first-order valence-corrected chi connectivity index (χ1v) is 23.1. The number of ketones is 1. The van der Waals surface area contributed by atoms with Gasteiger partial charge >= 0.3 is 7.12 Å². The summed E-state index contributed by atoms with van der Waals surface area (Å²) in [4.78, 5) is 14.1. The van der Waals surface area contributed by atoms with Gasteiger partial charge in [0, 0.05) is 26.8 Å². The lowest BCUT2D eigenvalue weighted by atomic mass is 9.75. The monoisotopic (exact) mass is 894 g/mol. The Balaban J connectivity index is 0.000000143. The molecule has 0 bridgehead atoms. The summed E-state index contributed by atoms with van der Waals surface area (Å²) in [6.45, 7) is 17.0. The molecule has 1 aliphatic heterocycles. The molecule has 1 heterocycles. The molecule has 8 aromatic carbocycles. The van der Waals surface area contributed by atoms with Gasteiger partial charge in [0.15, 0.2) is 5.78 Å². The number of hydrogen-bond acceptors (Lipinski definition) is 3. The number of rotatable bonds is 4. The van der Waals surface area contributed by atoms with Crippen molar-refractivity contribution in [3.8, 4) is 33.4 Å². The molecule has 312 valence electrons. The van der Waals surface area contributed by atoms with Crippen LogP contribution in [0.2, 0.25) is 0 Å². The Morgan fingerprint density at radius 2 is 0.906 bits per heavy atom. The van der Waals surface area contributed by atoms with E-state index in [-0.39, 0.29) is 24.1 Å². The maximum Gasteiger partial charge on any atom is 0.495 e. The Hall–Kier alpha value is -6.11. The molecule has 3 aliphatic carbocycles. The molecule has 0 amide bonds. The van der Waals surface area contributed by atoms with Crippen molar-refractivity contribution in [1.29, 1.82) is 0 Å². The van der Waals surface area contributed by atoms with Crippen LogP contribution < -0.4 is 5.46 Å². The zero-order chi connectivity index (χ0) is 44.4. The van der Waals surface area contributed by atoms with E-state index in [0.29, 0.717) is 0 Å². The molecule has 0 N–H and O–H groups in total. The number of allylic oxidation sites excluding steroid dienone is 4. The highest BCUT2D eigenvalue weighted by Gasteiger charge is 2.52. The maximum atomic E-state index is 14.1. The van der Waals surface area contributed by atoms with Crippen LogP contribution >= 0.6 is 15.9 Å². The topological polar surface area (TPSA) is 35.5 Å². The van der Waals surface area contributed by atoms with Gasteiger partial charge < -0.3 is 9.31 Å². The number of hydrogen-bond donors (Lipinski definition) is 0. The van der Waals surface area contributed by atoms with Crippen molar-refractivity contribution in [3.63, 3.8) is 0 Å². The number of benzene rings is 8. The van der Waals surface area contributed by atoms with Crippen LogP contribution in [0.1, 0.15) is 72.2 Å². The highest BCUT2D eigenvalue weighted by atomic mass is 79.9. The molecule has 0 unspecified atom stereocenters. The van der Waals surface area contributed by atoms with E-state index in [1.807, 2.05) is 24.3 Å². The Morgan fingerprint density at radius 1 is 0.438 bits per heavy atom. The van der Waals surface area contributed by atoms with E-state index in [1.165, 1.54) is 66.1 Å². The van der Waals surface area contributed by atoms with Gasteiger partial charge in [-0.1, -0.05) is 149 Å².